The van der Waals surface area contributed by atoms with Gasteiger partial charge < -0.3 is 19.4 Å². The molecule has 1 aromatic carbocycles. The topological polar surface area (TPSA) is 63.4 Å². The molecule has 2 aromatic rings. The van der Waals surface area contributed by atoms with Gasteiger partial charge in [0.05, 0.1) is 13.2 Å². The number of anilines is 2. The Bertz CT molecular complexity index is 593. The Labute approximate surface area is 130 Å². The molecule has 1 aromatic heterocycles. The summed E-state index contributed by atoms with van der Waals surface area (Å²) in [7, 11) is 0. The summed E-state index contributed by atoms with van der Waals surface area (Å²) in [4.78, 5) is 2.36. The lowest BCUT2D eigenvalue weighted by Gasteiger charge is -2.30. The molecule has 1 saturated heterocycles. The summed E-state index contributed by atoms with van der Waals surface area (Å²) in [5.74, 6) is 0.687. The van der Waals surface area contributed by atoms with E-state index in [9.17, 15) is 0 Å². The van der Waals surface area contributed by atoms with Crippen molar-refractivity contribution >= 4 is 11.7 Å². The van der Waals surface area contributed by atoms with Crippen LogP contribution in [0.1, 0.15) is 24.8 Å². The molecule has 1 aliphatic heterocycles. The minimum absolute atomic E-state index is 0.486. The van der Waals surface area contributed by atoms with E-state index < -0.39 is 0 Å². The lowest BCUT2D eigenvalue weighted by Crippen LogP contribution is -2.36. The first kappa shape index (κ1) is 14.8. The number of benzene rings is 1. The predicted molar refractivity (Wildman–Crippen MR) is 85.1 cm³/mol. The van der Waals surface area contributed by atoms with Crippen molar-refractivity contribution in [3.8, 4) is 0 Å². The Hall–Kier alpha value is -2.08. The van der Waals surface area contributed by atoms with Gasteiger partial charge in [-0.25, -0.2) is 0 Å². The highest BCUT2D eigenvalue weighted by Gasteiger charge is 2.14. The van der Waals surface area contributed by atoms with Crippen molar-refractivity contribution in [2.75, 3.05) is 36.5 Å². The van der Waals surface area contributed by atoms with E-state index in [4.69, 9.17) is 9.15 Å². The monoisotopic (exact) mass is 302 g/mol. The summed E-state index contributed by atoms with van der Waals surface area (Å²) in [6.45, 7) is 6.19. The predicted octanol–water partition coefficient (Wildman–Crippen LogP) is 2.47. The van der Waals surface area contributed by atoms with Crippen LogP contribution >= 0.6 is 0 Å². The molecule has 6 heteroatoms. The molecule has 0 unspecified atom stereocenters. The molecule has 1 N–H and O–H groups in total. The van der Waals surface area contributed by atoms with Crippen LogP contribution in [-0.4, -0.2) is 36.5 Å². The molecule has 1 fully saturated rings. The van der Waals surface area contributed by atoms with Crippen molar-refractivity contribution in [1.29, 1.82) is 0 Å². The summed E-state index contributed by atoms with van der Waals surface area (Å²) in [5, 5.41) is 11.3. The Morgan fingerprint density at radius 3 is 2.82 bits per heavy atom. The normalized spacial score (nSPS) is 15.0. The number of rotatable bonds is 6. The first-order chi connectivity index (χ1) is 10.9. The number of hydrogen-bond donors (Lipinski definition) is 1. The fraction of sp³-hybridized carbons (Fsp3) is 0.500. The standard InChI is InChI=1S/C16H22N4O2/c1-2-5-15-18-19-16(22-15)17-12-13-6-3-4-7-14(13)20-8-10-21-11-9-20/h3-4,6-7H,2,5,8-12H2,1H3,(H,17,19). The number of aryl methyl sites for hydroxylation is 1. The van der Waals surface area contributed by atoms with E-state index in [1.54, 1.807) is 0 Å². The van der Waals surface area contributed by atoms with Crippen molar-refractivity contribution in [3.63, 3.8) is 0 Å². The second kappa shape index (κ2) is 7.26. The molecular formula is C16H22N4O2. The molecule has 2 heterocycles. The van der Waals surface area contributed by atoms with E-state index >= 15 is 0 Å². The molecule has 0 bridgehead atoms. The lowest BCUT2D eigenvalue weighted by atomic mass is 10.1. The molecule has 0 spiro atoms. The van der Waals surface area contributed by atoms with Crippen LogP contribution in [0.25, 0.3) is 0 Å². The summed E-state index contributed by atoms with van der Waals surface area (Å²) in [5.41, 5.74) is 2.46. The first-order valence-electron chi connectivity index (χ1n) is 7.83. The van der Waals surface area contributed by atoms with Crippen molar-refractivity contribution < 1.29 is 9.15 Å². The van der Waals surface area contributed by atoms with Gasteiger partial charge in [0.15, 0.2) is 0 Å². The maximum Gasteiger partial charge on any atom is 0.315 e. The zero-order valence-corrected chi connectivity index (χ0v) is 12.9. The second-order valence-electron chi connectivity index (χ2n) is 5.33. The maximum absolute atomic E-state index is 5.56. The largest absolute Gasteiger partial charge is 0.408 e. The minimum atomic E-state index is 0.486. The van der Waals surface area contributed by atoms with E-state index in [2.05, 4.69) is 51.6 Å². The summed E-state index contributed by atoms with van der Waals surface area (Å²) in [6.07, 6.45) is 1.82. The lowest BCUT2D eigenvalue weighted by molar-refractivity contribution is 0.122. The summed E-state index contributed by atoms with van der Waals surface area (Å²) in [6, 6.07) is 8.89. The third kappa shape index (κ3) is 3.57. The molecule has 0 saturated carbocycles. The van der Waals surface area contributed by atoms with Gasteiger partial charge in [-0.3, -0.25) is 0 Å². The number of aromatic nitrogens is 2. The Morgan fingerprint density at radius 1 is 1.18 bits per heavy atom. The number of ether oxygens (including phenoxy) is 1. The van der Waals surface area contributed by atoms with Crippen LogP contribution in [0.15, 0.2) is 28.7 Å². The fourth-order valence-electron chi connectivity index (χ4n) is 2.58. The van der Waals surface area contributed by atoms with Crippen LogP contribution in [-0.2, 0) is 17.7 Å². The first-order valence-corrected chi connectivity index (χ1v) is 7.83. The van der Waals surface area contributed by atoms with Gasteiger partial charge in [-0.15, -0.1) is 5.10 Å². The average Bonchev–Trinajstić information content (AvgIpc) is 3.02. The molecule has 0 atom stereocenters. The highest BCUT2D eigenvalue weighted by Crippen LogP contribution is 2.22. The number of para-hydroxylation sites is 1. The third-order valence-electron chi connectivity index (χ3n) is 3.70. The van der Waals surface area contributed by atoms with Crippen LogP contribution in [0.4, 0.5) is 11.7 Å². The van der Waals surface area contributed by atoms with Crippen LogP contribution in [0.2, 0.25) is 0 Å². The van der Waals surface area contributed by atoms with Crippen molar-refractivity contribution in [2.45, 2.75) is 26.3 Å². The van der Waals surface area contributed by atoms with E-state index in [0.717, 1.165) is 39.1 Å². The number of nitrogens with one attached hydrogen (secondary N) is 1. The van der Waals surface area contributed by atoms with Gasteiger partial charge in [-0.05, 0) is 18.1 Å². The molecule has 3 rings (SSSR count). The molecular weight excluding hydrogens is 280 g/mol. The van der Waals surface area contributed by atoms with Gasteiger partial charge in [-0.1, -0.05) is 30.2 Å². The quantitative estimate of drug-likeness (QED) is 0.884. The number of nitrogens with zero attached hydrogens (tertiary/aromatic N) is 3. The second-order valence-corrected chi connectivity index (χ2v) is 5.33. The van der Waals surface area contributed by atoms with Crippen LogP contribution in [0.3, 0.4) is 0 Å². The van der Waals surface area contributed by atoms with Crippen molar-refractivity contribution in [1.82, 2.24) is 10.2 Å². The average molecular weight is 302 g/mol. The van der Waals surface area contributed by atoms with Crippen LogP contribution in [0, 0.1) is 0 Å². The van der Waals surface area contributed by atoms with Gasteiger partial charge >= 0.3 is 6.01 Å². The van der Waals surface area contributed by atoms with Gasteiger partial charge in [0, 0.05) is 31.7 Å². The van der Waals surface area contributed by atoms with Crippen LogP contribution in [0.5, 0.6) is 0 Å². The van der Waals surface area contributed by atoms with Crippen molar-refractivity contribution in [2.24, 2.45) is 0 Å². The summed E-state index contributed by atoms with van der Waals surface area (Å²) < 4.78 is 11.0. The highest BCUT2D eigenvalue weighted by molar-refractivity contribution is 5.54. The van der Waals surface area contributed by atoms with Crippen molar-refractivity contribution in [3.05, 3.63) is 35.7 Å². The Kier molecular flexibility index (Phi) is 4.90. The van der Waals surface area contributed by atoms with E-state index in [1.807, 2.05) is 0 Å². The fourth-order valence-corrected chi connectivity index (χ4v) is 2.58. The number of hydrogen-bond acceptors (Lipinski definition) is 6. The van der Waals surface area contributed by atoms with Gasteiger partial charge in [-0.2, -0.15) is 0 Å². The van der Waals surface area contributed by atoms with E-state index in [-0.39, 0.29) is 0 Å². The zero-order valence-electron chi connectivity index (χ0n) is 12.9. The molecule has 0 radical (unpaired) electrons. The number of morpholine rings is 1. The molecule has 6 nitrogen and oxygen atoms in total. The van der Waals surface area contributed by atoms with Crippen LogP contribution < -0.4 is 10.2 Å². The Balaban J connectivity index is 1.66. The molecule has 118 valence electrons. The van der Waals surface area contributed by atoms with E-state index in [0.29, 0.717) is 18.5 Å². The third-order valence-corrected chi connectivity index (χ3v) is 3.70. The van der Waals surface area contributed by atoms with Gasteiger partial charge in [0.2, 0.25) is 5.89 Å². The van der Waals surface area contributed by atoms with Gasteiger partial charge in [0.25, 0.3) is 0 Å². The maximum atomic E-state index is 5.56. The minimum Gasteiger partial charge on any atom is -0.408 e. The smallest absolute Gasteiger partial charge is 0.315 e. The molecule has 0 amide bonds. The summed E-state index contributed by atoms with van der Waals surface area (Å²) >= 11 is 0. The highest BCUT2D eigenvalue weighted by atomic mass is 16.5. The molecule has 0 aliphatic carbocycles. The van der Waals surface area contributed by atoms with Gasteiger partial charge in [0.1, 0.15) is 0 Å². The molecule has 1 aliphatic rings. The zero-order chi connectivity index (χ0) is 15.2. The molecule has 22 heavy (non-hydrogen) atoms. The SMILES string of the molecule is CCCc1nnc(NCc2ccccc2N2CCOCC2)o1. The van der Waals surface area contributed by atoms with E-state index in [1.165, 1.54) is 11.3 Å². The Morgan fingerprint density at radius 2 is 2.00 bits per heavy atom.